The number of hydrogen-bond donors (Lipinski definition) is 2. The SMILES string of the molecule is O=C(CCc1ccccc1OC(F)(F)F)NCc1ccc2c(c1)CNC2. The number of ether oxygens (including phenoxy) is 1. The molecule has 2 aromatic rings. The van der Waals surface area contributed by atoms with E-state index in [4.69, 9.17) is 0 Å². The zero-order chi connectivity index (χ0) is 18.6. The summed E-state index contributed by atoms with van der Waals surface area (Å²) in [5.74, 6) is -0.482. The Kier molecular flexibility index (Phi) is 5.46. The summed E-state index contributed by atoms with van der Waals surface area (Å²) in [4.78, 5) is 12.0. The summed E-state index contributed by atoms with van der Waals surface area (Å²) in [6, 6.07) is 11.9. The summed E-state index contributed by atoms with van der Waals surface area (Å²) in [6.45, 7) is 2.08. The van der Waals surface area contributed by atoms with Crippen LogP contribution in [0.25, 0.3) is 0 Å². The Hall–Kier alpha value is -2.54. The predicted octanol–water partition coefficient (Wildman–Crippen LogP) is 3.44. The molecular formula is C19H19F3N2O2. The Morgan fingerprint density at radius 1 is 1.12 bits per heavy atom. The van der Waals surface area contributed by atoms with Gasteiger partial charge >= 0.3 is 6.36 Å². The van der Waals surface area contributed by atoms with Crippen LogP contribution in [0.5, 0.6) is 5.75 Å². The summed E-state index contributed by atoms with van der Waals surface area (Å²) in [6.07, 6.45) is -4.49. The van der Waals surface area contributed by atoms with Crippen molar-refractivity contribution in [2.24, 2.45) is 0 Å². The van der Waals surface area contributed by atoms with Gasteiger partial charge in [-0.05, 0) is 34.7 Å². The van der Waals surface area contributed by atoms with Crippen LogP contribution in [-0.4, -0.2) is 12.3 Å². The molecule has 4 nitrogen and oxygen atoms in total. The summed E-state index contributed by atoms with van der Waals surface area (Å²) in [5.41, 5.74) is 3.85. The fourth-order valence-electron chi connectivity index (χ4n) is 2.93. The van der Waals surface area contributed by atoms with Crippen molar-refractivity contribution in [2.75, 3.05) is 0 Å². The first-order valence-corrected chi connectivity index (χ1v) is 8.32. The van der Waals surface area contributed by atoms with Gasteiger partial charge < -0.3 is 15.4 Å². The van der Waals surface area contributed by atoms with Crippen molar-refractivity contribution in [2.45, 2.75) is 38.8 Å². The molecule has 0 spiro atoms. The quantitative estimate of drug-likeness (QED) is 0.826. The zero-order valence-electron chi connectivity index (χ0n) is 14.0. The Labute approximate surface area is 149 Å². The maximum atomic E-state index is 12.4. The standard InChI is InChI=1S/C19H19F3N2O2/c20-19(21,22)26-17-4-2-1-3-14(17)7-8-18(25)24-10-13-5-6-15-11-23-12-16(15)9-13/h1-6,9,23H,7-8,10-12H2,(H,24,25). The minimum Gasteiger partial charge on any atom is -0.406 e. The fraction of sp³-hybridized carbons (Fsp3) is 0.316. The van der Waals surface area contributed by atoms with Crippen molar-refractivity contribution >= 4 is 5.91 Å². The van der Waals surface area contributed by atoms with Crippen LogP contribution in [0.3, 0.4) is 0 Å². The molecule has 2 N–H and O–H groups in total. The molecule has 0 radical (unpaired) electrons. The number of amides is 1. The fourth-order valence-corrected chi connectivity index (χ4v) is 2.93. The second kappa shape index (κ2) is 7.78. The van der Waals surface area contributed by atoms with E-state index in [-0.39, 0.29) is 24.5 Å². The number of benzene rings is 2. The first-order chi connectivity index (χ1) is 12.4. The molecule has 0 bridgehead atoms. The lowest BCUT2D eigenvalue weighted by Crippen LogP contribution is -2.23. The highest BCUT2D eigenvalue weighted by Gasteiger charge is 2.31. The molecule has 0 atom stereocenters. The largest absolute Gasteiger partial charge is 0.573 e. The minimum absolute atomic E-state index is 0.0880. The van der Waals surface area contributed by atoms with Crippen LogP contribution in [0.1, 0.15) is 28.7 Å². The third kappa shape index (κ3) is 4.98. The molecule has 0 aromatic heterocycles. The normalized spacial score (nSPS) is 13.3. The highest BCUT2D eigenvalue weighted by molar-refractivity contribution is 5.76. The van der Waals surface area contributed by atoms with Crippen LogP contribution >= 0.6 is 0 Å². The monoisotopic (exact) mass is 364 g/mol. The lowest BCUT2D eigenvalue weighted by Gasteiger charge is -2.13. The van der Waals surface area contributed by atoms with E-state index in [1.54, 1.807) is 6.07 Å². The number of rotatable bonds is 6. The van der Waals surface area contributed by atoms with E-state index in [9.17, 15) is 18.0 Å². The van der Waals surface area contributed by atoms with Gasteiger partial charge in [-0.3, -0.25) is 4.79 Å². The van der Waals surface area contributed by atoms with Crippen LogP contribution in [0.15, 0.2) is 42.5 Å². The van der Waals surface area contributed by atoms with E-state index in [1.807, 2.05) is 12.1 Å². The molecule has 0 saturated heterocycles. The molecule has 0 aliphatic carbocycles. The molecule has 1 aliphatic rings. The highest BCUT2D eigenvalue weighted by atomic mass is 19.4. The predicted molar refractivity (Wildman–Crippen MR) is 90.3 cm³/mol. The average Bonchev–Trinajstić information content (AvgIpc) is 3.05. The van der Waals surface area contributed by atoms with Crippen molar-refractivity contribution in [3.05, 3.63) is 64.7 Å². The summed E-state index contributed by atoms with van der Waals surface area (Å²) in [5, 5.41) is 6.07. The third-order valence-corrected chi connectivity index (χ3v) is 4.21. The van der Waals surface area contributed by atoms with Crippen molar-refractivity contribution in [3.63, 3.8) is 0 Å². The van der Waals surface area contributed by atoms with Crippen LogP contribution in [0, 0.1) is 0 Å². The second-order valence-corrected chi connectivity index (χ2v) is 6.14. The third-order valence-electron chi connectivity index (χ3n) is 4.21. The molecule has 0 fully saturated rings. The van der Waals surface area contributed by atoms with Crippen LogP contribution in [0.2, 0.25) is 0 Å². The number of carbonyl (C=O) groups excluding carboxylic acids is 1. The molecule has 1 amide bonds. The van der Waals surface area contributed by atoms with Crippen LogP contribution < -0.4 is 15.4 Å². The maximum Gasteiger partial charge on any atom is 0.573 e. The highest BCUT2D eigenvalue weighted by Crippen LogP contribution is 2.27. The van der Waals surface area contributed by atoms with Gasteiger partial charge in [0.05, 0.1) is 0 Å². The van der Waals surface area contributed by atoms with Gasteiger partial charge in [0, 0.05) is 26.1 Å². The molecule has 3 rings (SSSR count). The molecule has 138 valence electrons. The average molecular weight is 364 g/mol. The molecule has 1 heterocycles. The molecule has 0 unspecified atom stereocenters. The molecule has 26 heavy (non-hydrogen) atoms. The summed E-state index contributed by atoms with van der Waals surface area (Å²) in [7, 11) is 0. The second-order valence-electron chi connectivity index (χ2n) is 6.14. The first-order valence-electron chi connectivity index (χ1n) is 8.32. The lowest BCUT2D eigenvalue weighted by atomic mass is 10.1. The number of carbonyl (C=O) groups is 1. The van der Waals surface area contributed by atoms with Crippen LogP contribution in [-0.2, 0) is 30.8 Å². The molecule has 1 aliphatic heterocycles. The topological polar surface area (TPSA) is 50.4 Å². The van der Waals surface area contributed by atoms with Gasteiger partial charge in [-0.15, -0.1) is 13.2 Å². The zero-order valence-corrected chi connectivity index (χ0v) is 14.0. The summed E-state index contributed by atoms with van der Waals surface area (Å²) < 4.78 is 41.3. The Morgan fingerprint density at radius 2 is 1.88 bits per heavy atom. The van der Waals surface area contributed by atoms with E-state index in [2.05, 4.69) is 21.4 Å². The Morgan fingerprint density at radius 3 is 2.69 bits per heavy atom. The Bertz CT molecular complexity index is 791. The number of nitrogens with one attached hydrogen (secondary N) is 2. The van der Waals surface area contributed by atoms with Gasteiger partial charge in [0.25, 0.3) is 0 Å². The van der Waals surface area contributed by atoms with E-state index >= 15 is 0 Å². The number of aryl methyl sites for hydroxylation is 1. The van der Waals surface area contributed by atoms with E-state index < -0.39 is 6.36 Å². The van der Waals surface area contributed by atoms with Crippen molar-refractivity contribution in [1.29, 1.82) is 0 Å². The Balaban J connectivity index is 1.52. The maximum absolute atomic E-state index is 12.4. The van der Waals surface area contributed by atoms with Gasteiger partial charge in [0.2, 0.25) is 5.91 Å². The smallest absolute Gasteiger partial charge is 0.406 e. The van der Waals surface area contributed by atoms with E-state index in [0.717, 1.165) is 18.7 Å². The first kappa shape index (κ1) is 18.3. The van der Waals surface area contributed by atoms with Gasteiger partial charge in [-0.1, -0.05) is 36.4 Å². The number of fused-ring (bicyclic) bond motifs is 1. The molecule has 0 saturated carbocycles. The van der Waals surface area contributed by atoms with Crippen molar-refractivity contribution < 1.29 is 22.7 Å². The number of alkyl halides is 3. The summed E-state index contributed by atoms with van der Waals surface area (Å²) >= 11 is 0. The van der Waals surface area contributed by atoms with Crippen molar-refractivity contribution in [1.82, 2.24) is 10.6 Å². The van der Waals surface area contributed by atoms with Gasteiger partial charge in [-0.2, -0.15) is 0 Å². The number of hydrogen-bond acceptors (Lipinski definition) is 3. The van der Waals surface area contributed by atoms with Crippen LogP contribution in [0.4, 0.5) is 13.2 Å². The lowest BCUT2D eigenvalue weighted by molar-refractivity contribution is -0.274. The van der Waals surface area contributed by atoms with Crippen molar-refractivity contribution in [3.8, 4) is 5.75 Å². The van der Waals surface area contributed by atoms with E-state index in [0.29, 0.717) is 12.1 Å². The minimum atomic E-state index is -4.75. The molecular weight excluding hydrogens is 345 g/mol. The van der Waals surface area contributed by atoms with Gasteiger partial charge in [0.15, 0.2) is 0 Å². The van der Waals surface area contributed by atoms with Gasteiger partial charge in [-0.25, -0.2) is 0 Å². The van der Waals surface area contributed by atoms with Gasteiger partial charge in [0.1, 0.15) is 5.75 Å². The molecule has 2 aromatic carbocycles. The molecule has 7 heteroatoms. The number of para-hydroxylation sites is 1. The number of halogens is 3. The van der Waals surface area contributed by atoms with E-state index in [1.165, 1.54) is 29.3 Å².